The molecular formula is C15H15ClN4O. The van der Waals surface area contributed by atoms with Gasteiger partial charge >= 0.3 is 0 Å². The molecule has 0 aliphatic heterocycles. The monoisotopic (exact) mass is 302 g/mol. The van der Waals surface area contributed by atoms with E-state index in [-0.39, 0.29) is 5.38 Å². The number of methoxy groups -OCH3 is 1. The van der Waals surface area contributed by atoms with Crippen molar-refractivity contribution in [2.75, 3.05) is 7.11 Å². The van der Waals surface area contributed by atoms with Crippen LogP contribution >= 0.6 is 11.6 Å². The Hall–Kier alpha value is -2.14. The van der Waals surface area contributed by atoms with Crippen LogP contribution in [0.15, 0.2) is 30.6 Å². The molecule has 2 heterocycles. The number of nitrogens with zero attached hydrogens (tertiary/aromatic N) is 4. The quantitative estimate of drug-likeness (QED) is 0.696. The van der Waals surface area contributed by atoms with Crippen molar-refractivity contribution < 1.29 is 4.74 Å². The fourth-order valence-corrected chi connectivity index (χ4v) is 2.47. The summed E-state index contributed by atoms with van der Waals surface area (Å²) in [5.41, 5.74) is 3.43. The van der Waals surface area contributed by atoms with Gasteiger partial charge in [-0.3, -0.25) is 4.57 Å². The highest BCUT2D eigenvalue weighted by atomic mass is 35.5. The lowest BCUT2D eigenvalue weighted by molar-refractivity contribution is 0.401. The van der Waals surface area contributed by atoms with Crippen LogP contribution in [0.5, 0.6) is 5.88 Å². The van der Waals surface area contributed by atoms with E-state index in [9.17, 15) is 0 Å². The fourth-order valence-electron chi connectivity index (χ4n) is 2.33. The largest absolute Gasteiger partial charge is 0.479 e. The first-order chi connectivity index (χ1) is 10.1. The van der Waals surface area contributed by atoms with E-state index >= 15 is 0 Å². The fraction of sp³-hybridized carbons (Fsp3) is 0.267. The van der Waals surface area contributed by atoms with Gasteiger partial charge in [-0.05, 0) is 31.5 Å². The minimum atomic E-state index is -0.260. The van der Waals surface area contributed by atoms with Crippen molar-refractivity contribution in [1.29, 1.82) is 0 Å². The lowest BCUT2D eigenvalue weighted by atomic mass is 10.2. The number of rotatable bonds is 3. The number of fused-ring (bicyclic) bond motifs is 1. The van der Waals surface area contributed by atoms with E-state index in [0.29, 0.717) is 17.0 Å². The van der Waals surface area contributed by atoms with Crippen LogP contribution in [0, 0.1) is 6.92 Å². The maximum Gasteiger partial charge on any atom is 0.245 e. The number of benzene rings is 1. The minimum Gasteiger partial charge on any atom is -0.479 e. The molecule has 0 spiro atoms. The Morgan fingerprint density at radius 3 is 2.76 bits per heavy atom. The van der Waals surface area contributed by atoms with E-state index < -0.39 is 0 Å². The summed E-state index contributed by atoms with van der Waals surface area (Å²) >= 11 is 6.29. The first kappa shape index (κ1) is 13.8. The number of hydrogen-bond acceptors (Lipinski definition) is 4. The minimum absolute atomic E-state index is 0.260. The molecule has 3 aromatic rings. The molecule has 0 amide bonds. The number of ether oxygens (including phenoxy) is 1. The van der Waals surface area contributed by atoms with Gasteiger partial charge in [-0.15, -0.1) is 11.6 Å². The molecule has 1 unspecified atom stereocenters. The van der Waals surface area contributed by atoms with Crippen molar-refractivity contribution in [2.45, 2.75) is 19.2 Å². The Morgan fingerprint density at radius 1 is 1.29 bits per heavy atom. The van der Waals surface area contributed by atoms with E-state index in [1.165, 1.54) is 6.33 Å². The van der Waals surface area contributed by atoms with Gasteiger partial charge < -0.3 is 4.74 Å². The average Bonchev–Trinajstić information content (AvgIpc) is 2.86. The first-order valence-corrected chi connectivity index (χ1v) is 7.04. The highest BCUT2D eigenvalue weighted by Crippen LogP contribution is 2.30. The van der Waals surface area contributed by atoms with E-state index in [0.717, 1.165) is 17.1 Å². The molecular weight excluding hydrogens is 288 g/mol. The molecule has 5 nitrogen and oxygen atoms in total. The van der Waals surface area contributed by atoms with Gasteiger partial charge in [0.1, 0.15) is 12.2 Å². The Labute approximate surface area is 127 Å². The number of imidazole rings is 1. The van der Waals surface area contributed by atoms with Crippen LogP contribution < -0.4 is 4.74 Å². The Kier molecular flexibility index (Phi) is 3.51. The van der Waals surface area contributed by atoms with Crippen LogP contribution in [0.3, 0.4) is 0 Å². The molecule has 0 aliphatic carbocycles. The Morgan fingerprint density at radius 2 is 2.10 bits per heavy atom. The van der Waals surface area contributed by atoms with Crippen LogP contribution in [0.2, 0.25) is 0 Å². The van der Waals surface area contributed by atoms with Crippen molar-refractivity contribution in [1.82, 2.24) is 19.5 Å². The summed E-state index contributed by atoms with van der Waals surface area (Å²) in [6, 6.07) is 8.11. The summed E-state index contributed by atoms with van der Waals surface area (Å²) in [5.74, 6) is 1.17. The summed E-state index contributed by atoms with van der Waals surface area (Å²) < 4.78 is 7.21. The second kappa shape index (κ2) is 5.33. The van der Waals surface area contributed by atoms with E-state index in [1.807, 2.05) is 36.6 Å². The maximum absolute atomic E-state index is 6.29. The van der Waals surface area contributed by atoms with E-state index in [2.05, 4.69) is 21.0 Å². The van der Waals surface area contributed by atoms with Crippen molar-refractivity contribution in [3.8, 4) is 11.6 Å². The van der Waals surface area contributed by atoms with Crippen molar-refractivity contribution in [3.05, 3.63) is 42.0 Å². The molecule has 0 fully saturated rings. The Balaban J connectivity index is 2.36. The Bertz CT molecular complexity index is 797. The molecule has 1 aromatic carbocycles. The molecule has 0 radical (unpaired) electrons. The van der Waals surface area contributed by atoms with Gasteiger partial charge in [0, 0.05) is 5.69 Å². The molecule has 0 aliphatic rings. The zero-order valence-corrected chi connectivity index (χ0v) is 12.8. The zero-order chi connectivity index (χ0) is 15.0. The van der Waals surface area contributed by atoms with Crippen molar-refractivity contribution in [3.63, 3.8) is 0 Å². The van der Waals surface area contributed by atoms with Crippen LogP contribution in [-0.2, 0) is 0 Å². The standard InChI is InChI=1S/C15H15ClN4O/c1-9-5-4-6-11(7-9)20-13(10(2)16)19-12-14(20)17-8-18-15(12)21-3/h4-8,10H,1-3H3. The molecule has 1 atom stereocenters. The predicted octanol–water partition coefficient (Wildman–Crippen LogP) is 3.43. The predicted molar refractivity (Wildman–Crippen MR) is 82.2 cm³/mol. The summed E-state index contributed by atoms with van der Waals surface area (Å²) in [5, 5.41) is -0.260. The van der Waals surface area contributed by atoms with Crippen LogP contribution in [-0.4, -0.2) is 26.6 Å². The second-order valence-electron chi connectivity index (χ2n) is 4.82. The topological polar surface area (TPSA) is 52.8 Å². The van der Waals surface area contributed by atoms with Gasteiger partial charge in [-0.2, -0.15) is 4.98 Å². The van der Waals surface area contributed by atoms with Gasteiger partial charge in [-0.25, -0.2) is 9.97 Å². The highest BCUT2D eigenvalue weighted by Gasteiger charge is 2.20. The van der Waals surface area contributed by atoms with Crippen LogP contribution in [0.25, 0.3) is 16.9 Å². The number of aryl methyl sites for hydroxylation is 1. The van der Waals surface area contributed by atoms with Gasteiger partial charge in [0.2, 0.25) is 5.88 Å². The summed E-state index contributed by atoms with van der Waals surface area (Å²) in [7, 11) is 1.57. The number of hydrogen-bond donors (Lipinski definition) is 0. The number of aromatic nitrogens is 4. The van der Waals surface area contributed by atoms with Gasteiger partial charge in [0.05, 0.1) is 12.5 Å². The van der Waals surface area contributed by atoms with Gasteiger partial charge in [-0.1, -0.05) is 12.1 Å². The number of halogens is 1. The molecule has 0 bridgehead atoms. The SMILES string of the molecule is COc1ncnc2c1nc(C(C)Cl)n2-c1cccc(C)c1. The van der Waals surface area contributed by atoms with E-state index in [4.69, 9.17) is 16.3 Å². The third-order valence-electron chi connectivity index (χ3n) is 3.25. The molecule has 0 N–H and O–H groups in total. The van der Waals surface area contributed by atoms with Gasteiger partial charge in [0.15, 0.2) is 11.2 Å². The second-order valence-corrected chi connectivity index (χ2v) is 5.47. The molecule has 3 rings (SSSR count). The van der Waals surface area contributed by atoms with Gasteiger partial charge in [0.25, 0.3) is 0 Å². The molecule has 21 heavy (non-hydrogen) atoms. The average molecular weight is 303 g/mol. The number of alkyl halides is 1. The lowest BCUT2D eigenvalue weighted by Gasteiger charge is -2.10. The third kappa shape index (κ3) is 2.34. The smallest absolute Gasteiger partial charge is 0.245 e. The van der Waals surface area contributed by atoms with Crippen LogP contribution in [0.4, 0.5) is 0 Å². The van der Waals surface area contributed by atoms with Crippen molar-refractivity contribution >= 4 is 22.8 Å². The maximum atomic E-state index is 6.29. The molecule has 0 saturated heterocycles. The molecule has 0 saturated carbocycles. The first-order valence-electron chi connectivity index (χ1n) is 6.60. The normalized spacial score (nSPS) is 12.6. The molecule has 108 valence electrons. The van der Waals surface area contributed by atoms with Crippen LogP contribution in [0.1, 0.15) is 23.7 Å². The summed E-state index contributed by atoms with van der Waals surface area (Å²) in [4.78, 5) is 13.0. The third-order valence-corrected chi connectivity index (χ3v) is 3.44. The summed E-state index contributed by atoms with van der Waals surface area (Å²) in [6.45, 7) is 3.93. The molecule has 2 aromatic heterocycles. The summed E-state index contributed by atoms with van der Waals surface area (Å²) in [6.07, 6.45) is 1.47. The zero-order valence-electron chi connectivity index (χ0n) is 12.0. The van der Waals surface area contributed by atoms with E-state index in [1.54, 1.807) is 7.11 Å². The lowest BCUT2D eigenvalue weighted by Crippen LogP contribution is -2.03. The van der Waals surface area contributed by atoms with Crippen molar-refractivity contribution in [2.24, 2.45) is 0 Å². The molecule has 6 heteroatoms. The highest BCUT2D eigenvalue weighted by molar-refractivity contribution is 6.20.